The first-order valence-electron chi connectivity index (χ1n) is 8.54. The van der Waals surface area contributed by atoms with Crippen LogP contribution in [0.25, 0.3) is 0 Å². The summed E-state index contributed by atoms with van der Waals surface area (Å²) in [6.07, 6.45) is -0.0844. The summed E-state index contributed by atoms with van der Waals surface area (Å²) in [5.74, 6) is -0.762. The van der Waals surface area contributed by atoms with Crippen LogP contribution >= 0.6 is 0 Å². The number of hydrogen-bond donors (Lipinski definition) is 2. The van der Waals surface area contributed by atoms with Crippen molar-refractivity contribution in [3.8, 4) is 0 Å². The second kappa shape index (κ2) is 9.65. The molecule has 8 nitrogen and oxygen atoms in total. The number of amides is 2. The minimum atomic E-state index is -3.55. The zero-order chi connectivity index (χ0) is 19.0. The molecule has 0 aromatic heterocycles. The molecule has 26 heavy (non-hydrogen) atoms. The summed E-state index contributed by atoms with van der Waals surface area (Å²) >= 11 is 0. The molecule has 2 rings (SSSR count). The van der Waals surface area contributed by atoms with E-state index >= 15 is 0 Å². The number of nitrogens with one attached hydrogen (secondary N) is 2. The predicted molar refractivity (Wildman–Crippen MR) is 97.7 cm³/mol. The second-order valence-corrected chi connectivity index (χ2v) is 8.19. The fraction of sp³-hybridized carbons (Fsp3) is 0.529. The molecule has 1 fully saturated rings. The van der Waals surface area contributed by atoms with Gasteiger partial charge in [0.25, 0.3) is 0 Å². The van der Waals surface area contributed by atoms with Gasteiger partial charge in [0.15, 0.2) is 9.84 Å². The van der Waals surface area contributed by atoms with Crippen molar-refractivity contribution >= 4 is 27.3 Å². The van der Waals surface area contributed by atoms with Crippen LogP contribution in [0.1, 0.15) is 13.3 Å². The van der Waals surface area contributed by atoms with Gasteiger partial charge in [-0.15, -0.1) is 0 Å². The Kier molecular flexibility index (Phi) is 7.55. The van der Waals surface area contributed by atoms with E-state index in [-0.39, 0.29) is 28.9 Å². The topological polar surface area (TPSA) is 105 Å². The third-order valence-electron chi connectivity index (χ3n) is 3.99. The molecule has 1 heterocycles. The highest BCUT2D eigenvalue weighted by atomic mass is 32.2. The number of morpholine rings is 1. The third-order valence-corrected chi connectivity index (χ3v) is 5.72. The number of hydrogen-bond acceptors (Lipinski definition) is 6. The molecular weight excluding hydrogens is 358 g/mol. The van der Waals surface area contributed by atoms with Crippen molar-refractivity contribution in [1.29, 1.82) is 0 Å². The lowest BCUT2D eigenvalue weighted by molar-refractivity contribution is -0.120. The van der Waals surface area contributed by atoms with E-state index in [0.29, 0.717) is 25.4 Å². The summed E-state index contributed by atoms with van der Waals surface area (Å²) in [5.41, 5.74) is 0.525. The SMILES string of the molecule is CC(=O)Nc1ccc(S(=O)(=O)CCC(=O)NCCN2CCOCC2)cc1. The van der Waals surface area contributed by atoms with Gasteiger partial charge in [0.1, 0.15) is 0 Å². The van der Waals surface area contributed by atoms with Gasteiger partial charge in [-0.1, -0.05) is 0 Å². The van der Waals surface area contributed by atoms with Crippen molar-refractivity contribution in [2.24, 2.45) is 0 Å². The molecule has 0 spiro atoms. The Balaban J connectivity index is 1.75. The summed E-state index contributed by atoms with van der Waals surface area (Å²) in [4.78, 5) is 25.2. The number of sulfone groups is 1. The Morgan fingerprint density at radius 3 is 2.42 bits per heavy atom. The first-order valence-corrected chi connectivity index (χ1v) is 10.2. The zero-order valence-electron chi connectivity index (χ0n) is 14.9. The number of carbonyl (C=O) groups excluding carboxylic acids is 2. The molecule has 0 saturated carbocycles. The predicted octanol–water partition coefficient (Wildman–Crippen LogP) is 0.257. The average molecular weight is 383 g/mol. The van der Waals surface area contributed by atoms with Gasteiger partial charge in [-0.2, -0.15) is 0 Å². The lowest BCUT2D eigenvalue weighted by Gasteiger charge is -2.26. The second-order valence-electron chi connectivity index (χ2n) is 6.08. The molecule has 0 unspecified atom stereocenters. The van der Waals surface area contributed by atoms with Crippen molar-refractivity contribution in [2.75, 3.05) is 50.5 Å². The normalized spacial score (nSPS) is 15.4. The molecule has 1 aromatic carbocycles. The first-order chi connectivity index (χ1) is 12.4. The van der Waals surface area contributed by atoms with Crippen LogP contribution in [-0.2, 0) is 24.2 Å². The van der Waals surface area contributed by atoms with Gasteiger partial charge in [-0.3, -0.25) is 14.5 Å². The van der Waals surface area contributed by atoms with Crippen molar-refractivity contribution in [1.82, 2.24) is 10.2 Å². The van der Waals surface area contributed by atoms with Crippen LogP contribution in [0.3, 0.4) is 0 Å². The molecule has 0 atom stereocenters. The van der Waals surface area contributed by atoms with Gasteiger partial charge in [0.05, 0.1) is 23.9 Å². The number of anilines is 1. The van der Waals surface area contributed by atoms with Gasteiger partial charge in [-0.25, -0.2) is 8.42 Å². The molecule has 1 aliphatic heterocycles. The van der Waals surface area contributed by atoms with E-state index in [4.69, 9.17) is 4.74 Å². The van der Waals surface area contributed by atoms with E-state index in [9.17, 15) is 18.0 Å². The van der Waals surface area contributed by atoms with Gasteiger partial charge in [0, 0.05) is 45.2 Å². The fourth-order valence-corrected chi connectivity index (χ4v) is 3.80. The lowest BCUT2D eigenvalue weighted by atomic mass is 10.3. The van der Waals surface area contributed by atoms with Gasteiger partial charge >= 0.3 is 0 Å². The summed E-state index contributed by atoms with van der Waals surface area (Å²) in [5, 5.41) is 5.33. The number of benzene rings is 1. The van der Waals surface area contributed by atoms with E-state index in [1.807, 2.05) is 0 Å². The van der Waals surface area contributed by atoms with Gasteiger partial charge in [-0.05, 0) is 24.3 Å². The number of carbonyl (C=O) groups is 2. The highest BCUT2D eigenvalue weighted by Gasteiger charge is 2.17. The lowest BCUT2D eigenvalue weighted by Crippen LogP contribution is -2.41. The summed E-state index contributed by atoms with van der Waals surface area (Å²) in [6, 6.07) is 5.90. The van der Waals surface area contributed by atoms with E-state index in [0.717, 1.165) is 19.6 Å². The quantitative estimate of drug-likeness (QED) is 0.667. The molecule has 0 radical (unpaired) electrons. The van der Waals surface area contributed by atoms with Crippen LogP contribution in [0.5, 0.6) is 0 Å². The fourth-order valence-electron chi connectivity index (χ4n) is 2.56. The van der Waals surface area contributed by atoms with Crippen molar-refractivity contribution in [2.45, 2.75) is 18.2 Å². The maximum Gasteiger partial charge on any atom is 0.221 e. The van der Waals surface area contributed by atoms with Crippen LogP contribution < -0.4 is 10.6 Å². The standard InChI is InChI=1S/C17H25N3O5S/c1-14(21)19-15-2-4-16(5-3-15)26(23,24)13-6-17(22)18-7-8-20-9-11-25-12-10-20/h2-5H,6-13H2,1H3,(H,18,22)(H,19,21). The summed E-state index contributed by atoms with van der Waals surface area (Å²) in [6.45, 7) is 5.69. The molecule has 1 aromatic rings. The Labute approximate surface area is 153 Å². The smallest absolute Gasteiger partial charge is 0.221 e. The Bertz CT molecular complexity index is 712. The van der Waals surface area contributed by atoms with Crippen molar-refractivity contribution in [3.63, 3.8) is 0 Å². The molecular formula is C17H25N3O5S. The largest absolute Gasteiger partial charge is 0.379 e. The molecule has 0 aliphatic carbocycles. The minimum absolute atomic E-state index is 0.0844. The molecule has 144 valence electrons. The molecule has 0 bridgehead atoms. The number of nitrogens with zero attached hydrogens (tertiary/aromatic N) is 1. The van der Waals surface area contributed by atoms with E-state index in [2.05, 4.69) is 15.5 Å². The monoisotopic (exact) mass is 383 g/mol. The number of rotatable bonds is 8. The molecule has 1 aliphatic rings. The zero-order valence-corrected chi connectivity index (χ0v) is 15.7. The molecule has 1 saturated heterocycles. The van der Waals surface area contributed by atoms with Crippen LogP contribution in [0, 0.1) is 0 Å². The maximum absolute atomic E-state index is 12.3. The molecule has 2 N–H and O–H groups in total. The average Bonchev–Trinajstić information content (AvgIpc) is 2.61. The highest BCUT2D eigenvalue weighted by Crippen LogP contribution is 2.16. The minimum Gasteiger partial charge on any atom is -0.379 e. The number of ether oxygens (including phenoxy) is 1. The highest BCUT2D eigenvalue weighted by molar-refractivity contribution is 7.91. The third kappa shape index (κ3) is 6.74. The van der Waals surface area contributed by atoms with Crippen molar-refractivity contribution in [3.05, 3.63) is 24.3 Å². The van der Waals surface area contributed by atoms with Crippen LogP contribution in [0.2, 0.25) is 0 Å². The maximum atomic E-state index is 12.3. The van der Waals surface area contributed by atoms with E-state index in [1.54, 1.807) is 0 Å². The van der Waals surface area contributed by atoms with Crippen LogP contribution in [0.4, 0.5) is 5.69 Å². The summed E-state index contributed by atoms with van der Waals surface area (Å²) in [7, 11) is -3.55. The van der Waals surface area contributed by atoms with Gasteiger partial charge < -0.3 is 15.4 Å². The first kappa shape index (κ1) is 20.3. The van der Waals surface area contributed by atoms with Crippen LogP contribution in [-0.4, -0.2) is 70.3 Å². The molecule has 2 amide bonds. The van der Waals surface area contributed by atoms with Gasteiger partial charge in [0.2, 0.25) is 11.8 Å². The Morgan fingerprint density at radius 1 is 1.15 bits per heavy atom. The van der Waals surface area contributed by atoms with Crippen molar-refractivity contribution < 1.29 is 22.7 Å². The van der Waals surface area contributed by atoms with Crippen LogP contribution in [0.15, 0.2) is 29.2 Å². The summed E-state index contributed by atoms with van der Waals surface area (Å²) < 4.78 is 29.9. The molecule has 9 heteroatoms. The Morgan fingerprint density at radius 2 is 1.81 bits per heavy atom. The Hall–Kier alpha value is -1.97. The van der Waals surface area contributed by atoms with E-state index < -0.39 is 9.84 Å². The van der Waals surface area contributed by atoms with E-state index in [1.165, 1.54) is 31.2 Å².